The molecule has 1 N–H and O–H groups in total. The Hall–Kier alpha value is -2.75. The van der Waals surface area contributed by atoms with Gasteiger partial charge in [0.15, 0.2) is 21.3 Å². The molecule has 3 rings (SSSR count). The molecule has 0 saturated carbocycles. The number of hydrogen-bond donors (Lipinski definition) is 1. The number of hydrogen-bond acceptors (Lipinski definition) is 7. The molecule has 0 bridgehead atoms. The highest BCUT2D eigenvalue weighted by Gasteiger charge is 2.31. The van der Waals surface area contributed by atoms with Crippen LogP contribution in [0.15, 0.2) is 18.2 Å². The fourth-order valence-electron chi connectivity index (χ4n) is 3.26. The van der Waals surface area contributed by atoms with Crippen molar-refractivity contribution in [2.45, 2.75) is 19.4 Å². The summed E-state index contributed by atoms with van der Waals surface area (Å²) in [6.45, 7) is 1.79. The predicted molar refractivity (Wildman–Crippen MR) is 103 cm³/mol. The number of anilines is 1. The molecule has 2 aromatic rings. The minimum Gasteiger partial charge on any atom is -0.493 e. The first-order valence-electron chi connectivity index (χ1n) is 8.66. The van der Waals surface area contributed by atoms with Gasteiger partial charge in [-0.25, -0.2) is 13.1 Å². The second-order valence-electron chi connectivity index (χ2n) is 6.54. The van der Waals surface area contributed by atoms with Gasteiger partial charge in [-0.1, -0.05) is 0 Å². The lowest BCUT2D eigenvalue weighted by atomic mass is 10.1. The largest absolute Gasteiger partial charge is 0.493 e. The second-order valence-corrected chi connectivity index (χ2v) is 8.77. The molecule has 0 unspecified atom stereocenters. The Labute approximate surface area is 163 Å². The molecule has 0 radical (unpaired) electrons. The maximum Gasteiger partial charge on any atom is 0.257 e. The average molecular weight is 409 g/mol. The SMILES string of the molecule is COc1cc(C(=O)Nc2cc(C)nn2[C@@H]2CCS(=O)(=O)C2)cc(OC)c1OC. The van der Waals surface area contributed by atoms with Crippen molar-refractivity contribution in [3.8, 4) is 17.2 Å². The van der Waals surface area contributed by atoms with Gasteiger partial charge in [-0.2, -0.15) is 5.10 Å². The van der Waals surface area contributed by atoms with Crippen LogP contribution in [0.3, 0.4) is 0 Å². The van der Waals surface area contributed by atoms with E-state index < -0.39 is 15.7 Å². The molecule has 9 nitrogen and oxygen atoms in total. The van der Waals surface area contributed by atoms with Gasteiger partial charge in [0.1, 0.15) is 5.82 Å². The molecule has 0 spiro atoms. The first-order chi connectivity index (χ1) is 13.3. The first-order valence-corrected chi connectivity index (χ1v) is 10.5. The molecule has 1 saturated heterocycles. The molecular weight excluding hydrogens is 386 g/mol. The highest BCUT2D eigenvalue weighted by Crippen LogP contribution is 2.38. The number of carbonyl (C=O) groups is 1. The van der Waals surface area contributed by atoms with Gasteiger partial charge in [0.25, 0.3) is 5.91 Å². The fraction of sp³-hybridized carbons (Fsp3) is 0.444. The van der Waals surface area contributed by atoms with E-state index in [-0.39, 0.29) is 17.5 Å². The summed E-state index contributed by atoms with van der Waals surface area (Å²) in [5.41, 5.74) is 0.989. The number of ether oxygens (including phenoxy) is 3. The van der Waals surface area contributed by atoms with E-state index in [1.54, 1.807) is 29.8 Å². The van der Waals surface area contributed by atoms with E-state index in [4.69, 9.17) is 14.2 Å². The number of nitrogens with one attached hydrogen (secondary N) is 1. The maximum atomic E-state index is 12.8. The summed E-state index contributed by atoms with van der Waals surface area (Å²) in [5.74, 6) is 1.29. The molecule has 1 fully saturated rings. The Morgan fingerprint density at radius 2 is 1.79 bits per heavy atom. The van der Waals surface area contributed by atoms with E-state index in [0.29, 0.717) is 40.7 Å². The first kappa shape index (κ1) is 20.0. The second kappa shape index (κ2) is 7.70. The number of methoxy groups -OCH3 is 3. The van der Waals surface area contributed by atoms with Crippen LogP contribution in [0, 0.1) is 6.92 Å². The van der Waals surface area contributed by atoms with Gasteiger partial charge < -0.3 is 19.5 Å². The number of aryl methyl sites for hydroxylation is 1. The van der Waals surface area contributed by atoms with Crippen LogP contribution in [-0.2, 0) is 9.84 Å². The van der Waals surface area contributed by atoms with E-state index in [9.17, 15) is 13.2 Å². The van der Waals surface area contributed by atoms with Crippen LogP contribution in [0.25, 0.3) is 0 Å². The topological polar surface area (TPSA) is 109 Å². The van der Waals surface area contributed by atoms with E-state index >= 15 is 0 Å². The van der Waals surface area contributed by atoms with Gasteiger partial charge in [0.05, 0.1) is 44.6 Å². The quantitative estimate of drug-likeness (QED) is 0.775. The summed E-state index contributed by atoms with van der Waals surface area (Å²) in [6.07, 6.45) is 0.469. The third-order valence-corrected chi connectivity index (χ3v) is 6.33. The molecule has 1 aliphatic heterocycles. The zero-order valence-corrected chi connectivity index (χ0v) is 17.0. The van der Waals surface area contributed by atoms with Crippen LogP contribution in [0.2, 0.25) is 0 Å². The highest BCUT2D eigenvalue weighted by molar-refractivity contribution is 7.91. The van der Waals surface area contributed by atoms with Crippen molar-refractivity contribution in [1.82, 2.24) is 9.78 Å². The van der Waals surface area contributed by atoms with Gasteiger partial charge >= 0.3 is 0 Å². The lowest BCUT2D eigenvalue weighted by Gasteiger charge is -2.16. The molecule has 0 aliphatic carbocycles. The third-order valence-electron chi connectivity index (χ3n) is 4.58. The van der Waals surface area contributed by atoms with Crippen molar-refractivity contribution >= 4 is 21.6 Å². The number of benzene rings is 1. The Kier molecular flexibility index (Phi) is 5.50. The molecule has 1 atom stereocenters. The summed E-state index contributed by atoms with van der Waals surface area (Å²) in [7, 11) is 1.35. The number of sulfone groups is 1. The average Bonchev–Trinajstić information content (AvgIpc) is 3.21. The molecule has 1 aromatic carbocycles. The summed E-state index contributed by atoms with van der Waals surface area (Å²) in [4.78, 5) is 12.8. The number of rotatable bonds is 6. The zero-order valence-electron chi connectivity index (χ0n) is 16.2. The van der Waals surface area contributed by atoms with Gasteiger partial charge in [-0.15, -0.1) is 0 Å². The minimum atomic E-state index is -3.08. The summed E-state index contributed by atoms with van der Waals surface area (Å²) in [5, 5.41) is 7.17. The van der Waals surface area contributed by atoms with Crippen LogP contribution in [0.4, 0.5) is 5.82 Å². The van der Waals surface area contributed by atoms with Crippen LogP contribution in [0.5, 0.6) is 17.2 Å². The lowest BCUT2D eigenvalue weighted by Crippen LogP contribution is -2.19. The minimum absolute atomic E-state index is 0.0151. The summed E-state index contributed by atoms with van der Waals surface area (Å²) < 4.78 is 41.0. The number of nitrogens with zero attached hydrogens (tertiary/aromatic N) is 2. The molecule has 2 heterocycles. The van der Waals surface area contributed by atoms with Gasteiger partial charge in [-0.3, -0.25) is 4.79 Å². The van der Waals surface area contributed by atoms with Crippen molar-refractivity contribution in [1.29, 1.82) is 0 Å². The lowest BCUT2D eigenvalue weighted by molar-refractivity contribution is 0.102. The summed E-state index contributed by atoms with van der Waals surface area (Å²) >= 11 is 0. The van der Waals surface area contributed by atoms with Crippen LogP contribution in [0.1, 0.15) is 28.5 Å². The molecule has 152 valence electrons. The Balaban J connectivity index is 1.90. The van der Waals surface area contributed by atoms with E-state index in [1.807, 2.05) is 0 Å². The molecule has 1 aromatic heterocycles. The summed E-state index contributed by atoms with van der Waals surface area (Å²) in [6, 6.07) is 4.50. The zero-order chi connectivity index (χ0) is 20.5. The third kappa shape index (κ3) is 3.91. The molecular formula is C18H23N3O6S. The van der Waals surface area contributed by atoms with Crippen molar-refractivity contribution < 1.29 is 27.4 Å². The van der Waals surface area contributed by atoms with Gasteiger partial charge in [0, 0.05) is 11.6 Å². The molecule has 1 aliphatic rings. The van der Waals surface area contributed by atoms with Crippen molar-refractivity contribution in [3.05, 3.63) is 29.5 Å². The predicted octanol–water partition coefficient (Wildman–Crippen LogP) is 1.83. The van der Waals surface area contributed by atoms with Crippen LogP contribution in [-0.4, -0.2) is 56.9 Å². The van der Waals surface area contributed by atoms with Crippen molar-refractivity contribution in [2.75, 3.05) is 38.2 Å². The van der Waals surface area contributed by atoms with Crippen molar-refractivity contribution in [3.63, 3.8) is 0 Å². The Morgan fingerprint density at radius 1 is 1.14 bits per heavy atom. The van der Waals surface area contributed by atoms with Crippen molar-refractivity contribution in [2.24, 2.45) is 0 Å². The highest BCUT2D eigenvalue weighted by atomic mass is 32.2. The fourth-order valence-corrected chi connectivity index (χ4v) is 4.95. The monoisotopic (exact) mass is 409 g/mol. The maximum absolute atomic E-state index is 12.8. The normalized spacial score (nSPS) is 17.9. The number of aromatic nitrogens is 2. The number of carbonyl (C=O) groups excluding carboxylic acids is 1. The molecule has 10 heteroatoms. The molecule has 1 amide bonds. The Bertz CT molecular complexity index is 974. The number of amides is 1. The van der Waals surface area contributed by atoms with Gasteiger partial charge in [0.2, 0.25) is 5.75 Å². The smallest absolute Gasteiger partial charge is 0.257 e. The van der Waals surface area contributed by atoms with E-state index in [1.165, 1.54) is 21.3 Å². The van der Waals surface area contributed by atoms with Gasteiger partial charge in [-0.05, 0) is 25.5 Å². The Morgan fingerprint density at radius 3 is 2.29 bits per heavy atom. The van der Waals surface area contributed by atoms with Crippen LogP contribution >= 0.6 is 0 Å². The molecule has 28 heavy (non-hydrogen) atoms. The standard InChI is InChI=1S/C18H23N3O6S/c1-11-7-16(21(20-11)13-5-6-28(23,24)10-13)19-18(22)12-8-14(25-2)17(27-4)15(9-12)26-3/h7-9,13H,5-6,10H2,1-4H3,(H,19,22)/t13-/m1/s1. The van der Waals surface area contributed by atoms with E-state index in [0.717, 1.165) is 0 Å². The van der Waals surface area contributed by atoms with E-state index in [2.05, 4.69) is 10.4 Å². The van der Waals surface area contributed by atoms with Crippen LogP contribution < -0.4 is 19.5 Å².